The van der Waals surface area contributed by atoms with Crippen molar-refractivity contribution < 1.29 is 18.1 Å². The highest BCUT2D eigenvalue weighted by atomic mass is 19.4. The van der Waals surface area contributed by atoms with Crippen molar-refractivity contribution in [2.45, 2.75) is 12.6 Å². The Morgan fingerprint density at radius 2 is 2.11 bits per heavy atom. The lowest BCUT2D eigenvalue weighted by atomic mass is 10.1. The Bertz CT molecular complexity index is 494. The van der Waals surface area contributed by atoms with Crippen molar-refractivity contribution in [3.63, 3.8) is 0 Å². The van der Waals surface area contributed by atoms with Gasteiger partial charge in [-0.3, -0.25) is 10.1 Å². The van der Waals surface area contributed by atoms with Crippen LogP contribution in [0.4, 0.5) is 24.5 Å². The molecule has 5 nitrogen and oxygen atoms in total. The van der Waals surface area contributed by atoms with E-state index >= 15 is 0 Å². The summed E-state index contributed by atoms with van der Waals surface area (Å²) in [7, 11) is 0. The Balaban J connectivity index is 2.90. The third-order valence-electron chi connectivity index (χ3n) is 2.06. The number of nitro benzene ring substituents is 1. The molecule has 1 rings (SSSR count). The predicted octanol–water partition coefficient (Wildman–Crippen LogP) is 2.83. The van der Waals surface area contributed by atoms with Crippen LogP contribution in [-0.4, -0.2) is 17.6 Å². The molecule has 1 aromatic rings. The first-order valence-corrected chi connectivity index (χ1v) is 4.83. The average Bonchev–Trinajstić information content (AvgIpc) is 2.26. The molecule has 8 heteroatoms. The molecular formula is C10H8F3N3O2. The molecule has 0 saturated carbocycles. The van der Waals surface area contributed by atoms with Crippen LogP contribution in [0.15, 0.2) is 18.2 Å². The minimum Gasteiger partial charge on any atom is -0.379 e. The molecule has 0 aromatic heterocycles. The molecule has 0 atom stereocenters. The fourth-order valence-electron chi connectivity index (χ4n) is 1.31. The molecule has 0 aliphatic heterocycles. The topological polar surface area (TPSA) is 79.0 Å². The van der Waals surface area contributed by atoms with E-state index in [-0.39, 0.29) is 11.3 Å². The van der Waals surface area contributed by atoms with E-state index in [1.165, 1.54) is 18.2 Å². The Hall–Kier alpha value is -2.30. The van der Waals surface area contributed by atoms with Gasteiger partial charge < -0.3 is 5.32 Å². The molecule has 18 heavy (non-hydrogen) atoms. The van der Waals surface area contributed by atoms with Gasteiger partial charge in [-0.1, -0.05) is 6.07 Å². The molecule has 0 amide bonds. The molecule has 0 bridgehead atoms. The van der Waals surface area contributed by atoms with Crippen LogP contribution >= 0.6 is 0 Å². The van der Waals surface area contributed by atoms with Crippen LogP contribution < -0.4 is 5.32 Å². The summed E-state index contributed by atoms with van der Waals surface area (Å²) in [6.07, 6.45) is -5.45. The van der Waals surface area contributed by atoms with Crippen LogP contribution in [0.1, 0.15) is 12.0 Å². The summed E-state index contributed by atoms with van der Waals surface area (Å²) in [6.45, 7) is -0.487. The molecular weight excluding hydrogens is 251 g/mol. The first-order valence-electron chi connectivity index (χ1n) is 4.83. The van der Waals surface area contributed by atoms with E-state index < -0.39 is 29.8 Å². The number of halogens is 3. The number of alkyl halides is 3. The third-order valence-corrected chi connectivity index (χ3v) is 2.06. The number of anilines is 1. The molecule has 0 aliphatic rings. The quantitative estimate of drug-likeness (QED) is 0.666. The highest BCUT2D eigenvalue weighted by molar-refractivity contribution is 5.68. The maximum absolute atomic E-state index is 11.9. The van der Waals surface area contributed by atoms with Gasteiger partial charge in [-0.05, 0) is 12.1 Å². The lowest BCUT2D eigenvalue weighted by molar-refractivity contribution is -0.384. The van der Waals surface area contributed by atoms with Gasteiger partial charge >= 0.3 is 11.9 Å². The average molecular weight is 259 g/mol. The van der Waals surface area contributed by atoms with Crippen LogP contribution in [0, 0.1) is 21.4 Å². The molecule has 1 N–H and O–H groups in total. The standard InChI is InChI=1S/C10H8F3N3O2/c11-10(12,13)4-5-15-8-3-1-2-7(6-14)9(8)16(17)18/h1-3,15H,4-5H2. The zero-order valence-electron chi connectivity index (χ0n) is 8.99. The SMILES string of the molecule is N#Cc1cccc(NCCC(F)(F)F)c1[N+](=O)[O-]. The van der Waals surface area contributed by atoms with Crippen molar-refractivity contribution >= 4 is 11.4 Å². The van der Waals surface area contributed by atoms with Gasteiger partial charge in [0, 0.05) is 6.54 Å². The summed E-state index contributed by atoms with van der Waals surface area (Å²) in [4.78, 5) is 9.96. The second-order valence-corrected chi connectivity index (χ2v) is 3.36. The highest BCUT2D eigenvalue weighted by Gasteiger charge is 2.27. The van der Waals surface area contributed by atoms with Gasteiger partial charge in [-0.25, -0.2) is 0 Å². The van der Waals surface area contributed by atoms with Gasteiger partial charge in [-0.15, -0.1) is 0 Å². The van der Waals surface area contributed by atoms with Crippen molar-refractivity contribution in [3.8, 4) is 6.07 Å². The Kier molecular flexibility index (Phi) is 4.09. The highest BCUT2D eigenvalue weighted by Crippen LogP contribution is 2.28. The minimum absolute atomic E-state index is 0.0942. The smallest absolute Gasteiger partial charge is 0.379 e. The van der Waals surface area contributed by atoms with Crippen LogP contribution in [0.2, 0.25) is 0 Å². The molecule has 0 spiro atoms. The predicted molar refractivity (Wildman–Crippen MR) is 57.0 cm³/mol. The molecule has 0 heterocycles. The molecule has 0 fully saturated rings. The van der Waals surface area contributed by atoms with Gasteiger partial charge in [0.05, 0.1) is 11.3 Å². The van der Waals surface area contributed by atoms with Gasteiger partial charge in [0.2, 0.25) is 0 Å². The number of nitrogens with one attached hydrogen (secondary N) is 1. The lowest BCUT2D eigenvalue weighted by Gasteiger charge is -2.09. The van der Waals surface area contributed by atoms with E-state index in [0.29, 0.717) is 0 Å². The number of nitrogens with zero attached hydrogens (tertiary/aromatic N) is 2. The van der Waals surface area contributed by atoms with Crippen LogP contribution in [0.3, 0.4) is 0 Å². The van der Waals surface area contributed by atoms with Gasteiger partial charge in [0.15, 0.2) is 0 Å². The van der Waals surface area contributed by atoms with Crippen LogP contribution in [0.5, 0.6) is 0 Å². The number of para-hydroxylation sites is 1. The summed E-state index contributed by atoms with van der Waals surface area (Å²) < 4.78 is 35.8. The van der Waals surface area contributed by atoms with Crippen molar-refractivity contribution in [2.75, 3.05) is 11.9 Å². The molecule has 0 saturated heterocycles. The number of nitro groups is 1. The Labute approximate surface area is 100.0 Å². The van der Waals surface area contributed by atoms with Crippen molar-refractivity contribution in [1.29, 1.82) is 5.26 Å². The van der Waals surface area contributed by atoms with E-state index in [0.717, 1.165) is 0 Å². The van der Waals surface area contributed by atoms with E-state index in [1.54, 1.807) is 6.07 Å². The number of rotatable bonds is 4. The fourth-order valence-corrected chi connectivity index (χ4v) is 1.31. The number of hydrogen-bond donors (Lipinski definition) is 1. The number of benzene rings is 1. The van der Waals surface area contributed by atoms with Crippen molar-refractivity contribution in [3.05, 3.63) is 33.9 Å². The summed E-state index contributed by atoms with van der Waals surface area (Å²) in [5.74, 6) is 0. The normalized spacial score (nSPS) is 10.8. The zero-order chi connectivity index (χ0) is 13.8. The molecule has 1 aromatic carbocycles. The third kappa shape index (κ3) is 3.62. The van der Waals surface area contributed by atoms with Gasteiger partial charge in [0.1, 0.15) is 17.3 Å². The second-order valence-electron chi connectivity index (χ2n) is 3.36. The Morgan fingerprint density at radius 1 is 1.44 bits per heavy atom. The lowest BCUT2D eigenvalue weighted by Crippen LogP contribution is -2.15. The summed E-state index contributed by atoms with van der Waals surface area (Å²) in [5.41, 5.74) is -0.803. The molecule has 0 unspecified atom stereocenters. The van der Waals surface area contributed by atoms with Crippen molar-refractivity contribution in [1.82, 2.24) is 0 Å². The zero-order valence-corrected chi connectivity index (χ0v) is 8.99. The van der Waals surface area contributed by atoms with Crippen LogP contribution in [0.25, 0.3) is 0 Å². The summed E-state index contributed by atoms with van der Waals surface area (Å²) >= 11 is 0. The van der Waals surface area contributed by atoms with E-state index in [2.05, 4.69) is 5.32 Å². The molecule has 0 radical (unpaired) electrons. The number of hydrogen-bond acceptors (Lipinski definition) is 4. The van der Waals surface area contributed by atoms with E-state index in [4.69, 9.17) is 5.26 Å². The fraction of sp³-hybridized carbons (Fsp3) is 0.300. The number of nitriles is 1. The second kappa shape index (κ2) is 5.35. The van der Waals surface area contributed by atoms with Crippen molar-refractivity contribution in [2.24, 2.45) is 0 Å². The monoisotopic (exact) mass is 259 g/mol. The first kappa shape index (κ1) is 13.8. The first-order chi connectivity index (χ1) is 8.35. The minimum atomic E-state index is -4.34. The summed E-state index contributed by atoms with van der Waals surface area (Å²) in [6, 6.07) is 5.47. The van der Waals surface area contributed by atoms with E-state index in [1.807, 2.05) is 0 Å². The van der Waals surface area contributed by atoms with Crippen LogP contribution in [-0.2, 0) is 0 Å². The maximum atomic E-state index is 11.9. The van der Waals surface area contributed by atoms with Gasteiger partial charge in [0.25, 0.3) is 0 Å². The van der Waals surface area contributed by atoms with Gasteiger partial charge in [-0.2, -0.15) is 18.4 Å². The largest absolute Gasteiger partial charge is 0.390 e. The van der Waals surface area contributed by atoms with E-state index in [9.17, 15) is 23.3 Å². The summed E-state index contributed by atoms with van der Waals surface area (Å²) in [5, 5.41) is 21.8. The molecule has 0 aliphatic carbocycles. The Morgan fingerprint density at radius 3 is 2.61 bits per heavy atom. The molecule has 96 valence electrons. The maximum Gasteiger partial charge on any atom is 0.390 e.